The van der Waals surface area contributed by atoms with Crippen molar-refractivity contribution >= 4 is 17.6 Å². The van der Waals surface area contributed by atoms with E-state index in [1.807, 2.05) is 0 Å². The first kappa shape index (κ1) is 14.4. The van der Waals surface area contributed by atoms with E-state index in [-0.39, 0.29) is 41.7 Å². The second-order valence-electron chi connectivity index (χ2n) is 6.48. The number of benzene rings is 1. The van der Waals surface area contributed by atoms with Crippen LogP contribution in [0.2, 0.25) is 0 Å². The van der Waals surface area contributed by atoms with Crippen molar-refractivity contribution in [1.82, 2.24) is 0 Å². The van der Waals surface area contributed by atoms with Crippen LogP contribution in [0.3, 0.4) is 0 Å². The Morgan fingerprint density at radius 1 is 1.26 bits per heavy atom. The number of fused-ring (bicyclic) bond motifs is 1. The van der Waals surface area contributed by atoms with E-state index in [0.717, 1.165) is 12.8 Å². The summed E-state index contributed by atoms with van der Waals surface area (Å²) in [5.74, 6) is 0.721. The first-order chi connectivity index (χ1) is 11.1. The largest absolute Gasteiger partial charge is 0.497 e. The van der Waals surface area contributed by atoms with Gasteiger partial charge >= 0.3 is 5.97 Å². The Kier molecular flexibility index (Phi) is 3.21. The normalized spacial score (nSPS) is 33.5. The highest BCUT2D eigenvalue weighted by atomic mass is 16.6. The molecule has 0 unspecified atom stereocenters. The van der Waals surface area contributed by atoms with Crippen molar-refractivity contribution in [3.63, 3.8) is 0 Å². The molecule has 23 heavy (non-hydrogen) atoms. The van der Waals surface area contributed by atoms with Crippen LogP contribution < -0.4 is 14.8 Å². The number of hydrogen-bond acceptors (Lipinski definition) is 5. The SMILES string of the molecule is COc1ccc(OC)c(NC(=O)[C@@H]2[C@@H]3C[C@@H]4[C@H]2C(=O)O[C@@H]4C3)c1. The Hall–Kier alpha value is -2.24. The molecule has 2 aliphatic carbocycles. The van der Waals surface area contributed by atoms with Gasteiger partial charge in [0.1, 0.15) is 17.6 Å². The van der Waals surface area contributed by atoms with E-state index >= 15 is 0 Å². The van der Waals surface area contributed by atoms with Crippen molar-refractivity contribution < 1.29 is 23.8 Å². The van der Waals surface area contributed by atoms with Crippen molar-refractivity contribution in [2.24, 2.45) is 23.7 Å². The van der Waals surface area contributed by atoms with E-state index in [9.17, 15) is 9.59 Å². The summed E-state index contributed by atoms with van der Waals surface area (Å²) in [5.41, 5.74) is 0.558. The van der Waals surface area contributed by atoms with E-state index < -0.39 is 0 Å². The highest BCUT2D eigenvalue weighted by Crippen LogP contribution is 2.57. The molecule has 5 atom stereocenters. The zero-order valence-electron chi connectivity index (χ0n) is 13.1. The number of rotatable bonds is 4. The average Bonchev–Trinajstić information content (AvgIpc) is 3.16. The molecule has 6 heteroatoms. The van der Waals surface area contributed by atoms with Gasteiger partial charge in [0.15, 0.2) is 0 Å². The van der Waals surface area contributed by atoms with E-state index in [2.05, 4.69) is 5.32 Å². The number of esters is 1. The molecule has 1 heterocycles. The number of carbonyl (C=O) groups is 2. The van der Waals surface area contributed by atoms with Crippen LogP contribution in [-0.4, -0.2) is 32.2 Å². The summed E-state index contributed by atoms with van der Waals surface area (Å²) in [5, 5.41) is 2.91. The number of nitrogens with one attached hydrogen (secondary N) is 1. The van der Waals surface area contributed by atoms with Crippen LogP contribution >= 0.6 is 0 Å². The van der Waals surface area contributed by atoms with Crippen LogP contribution in [0.15, 0.2) is 18.2 Å². The Morgan fingerprint density at radius 2 is 2.09 bits per heavy atom. The molecule has 1 aromatic rings. The minimum Gasteiger partial charge on any atom is -0.497 e. The number of methoxy groups -OCH3 is 2. The molecule has 1 saturated heterocycles. The molecule has 0 spiro atoms. The molecule has 3 fully saturated rings. The van der Waals surface area contributed by atoms with Gasteiger partial charge in [-0.25, -0.2) is 0 Å². The van der Waals surface area contributed by atoms with Gasteiger partial charge in [-0.05, 0) is 30.9 Å². The van der Waals surface area contributed by atoms with Gasteiger partial charge in [0.05, 0.1) is 31.7 Å². The molecule has 3 aliphatic rings. The predicted molar refractivity (Wildman–Crippen MR) is 81.2 cm³/mol. The van der Waals surface area contributed by atoms with Gasteiger partial charge < -0.3 is 19.5 Å². The van der Waals surface area contributed by atoms with Crippen LogP contribution in [0.1, 0.15) is 12.8 Å². The van der Waals surface area contributed by atoms with Crippen molar-refractivity contribution in [2.75, 3.05) is 19.5 Å². The fourth-order valence-electron chi connectivity index (χ4n) is 4.49. The van der Waals surface area contributed by atoms with Crippen molar-refractivity contribution in [2.45, 2.75) is 18.9 Å². The highest BCUT2D eigenvalue weighted by Gasteiger charge is 2.63. The molecule has 6 nitrogen and oxygen atoms in total. The van der Waals surface area contributed by atoms with Crippen molar-refractivity contribution in [3.8, 4) is 11.5 Å². The third-order valence-corrected chi connectivity index (χ3v) is 5.45. The van der Waals surface area contributed by atoms with Crippen LogP contribution in [0.5, 0.6) is 11.5 Å². The molecule has 122 valence electrons. The van der Waals surface area contributed by atoms with Gasteiger partial charge in [0.2, 0.25) is 5.91 Å². The molecule has 0 aromatic heterocycles. The number of carbonyl (C=O) groups excluding carboxylic acids is 2. The summed E-state index contributed by atoms with van der Waals surface area (Å²) in [6.07, 6.45) is 1.75. The third-order valence-electron chi connectivity index (χ3n) is 5.45. The first-order valence-corrected chi connectivity index (χ1v) is 7.85. The van der Waals surface area contributed by atoms with Gasteiger partial charge in [-0.2, -0.15) is 0 Å². The van der Waals surface area contributed by atoms with Crippen LogP contribution in [0.25, 0.3) is 0 Å². The summed E-state index contributed by atoms with van der Waals surface area (Å²) in [4.78, 5) is 24.8. The van der Waals surface area contributed by atoms with E-state index in [4.69, 9.17) is 14.2 Å². The second-order valence-corrected chi connectivity index (χ2v) is 6.48. The summed E-state index contributed by atoms with van der Waals surface area (Å²) < 4.78 is 15.9. The quantitative estimate of drug-likeness (QED) is 0.858. The van der Waals surface area contributed by atoms with E-state index in [0.29, 0.717) is 17.2 Å². The lowest BCUT2D eigenvalue weighted by Gasteiger charge is -2.24. The summed E-state index contributed by atoms with van der Waals surface area (Å²) in [6, 6.07) is 5.24. The Morgan fingerprint density at radius 3 is 2.83 bits per heavy atom. The summed E-state index contributed by atoms with van der Waals surface area (Å²) >= 11 is 0. The van der Waals surface area contributed by atoms with Crippen molar-refractivity contribution in [3.05, 3.63) is 18.2 Å². The maximum atomic E-state index is 12.8. The average molecular weight is 317 g/mol. The van der Waals surface area contributed by atoms with Gasteiger partial charge in [0.25, 0.3) is 0 Å². The molecule has 0 radical (unpaired) electrons. The van der Waals surface area contributed by atoms with E-state index in [1.165, 1.54) is 0 Å². The lowest BCUT2D eigenvalue weighted by atomic mass is 9.79. The van der Waals surface area contributed by atoms with Crippen LogP contribution in [0, 0.1) is 23.7 Å². The third kappa shape index (κ3) is 2.08. The maximum Gasteiger partial charge on any atom is 0.310 e. The predicted octanol–water partition coefficient (Wildman–Crippen LogP) is 1.84. The molecule has 1 amide bonds. The lowest BCUT2D eigenvalue weighted by Crippen LogP contribution is -2.35. The zero-order valence-corrected chi connectivity index (χ0v) is 13.1. The Labute approximate surface area is 134 Å². The standard InChI is InChI=1S/C17H19NO5/c1-21-9-3-4-12(22-2)11(7-9)18-16(19)14-8-5-10-13(6-8)23-17(20)15(10)14/h3-4,7-8,10,13-15H,5-6H2,1-2H3,(H,18,19)/t8-,10+,13-,14-,15-/m1/s1. The van der Waals surface area contributed by atoms with Crippen LogP contribution in [-0.2, 0) is 14.3 Å². The lowest BCUT2D eigenvalue weighted by molar-refractivity contribution is -0.145. The minimum absolute atomic E-state index is 0.0351. The highest BCUT2D eigenvalue weighted by molar-refractivity contribution is 5.98. The molecule has 1 aliphatic heterocycles. The zero-order chi connectivity index (χ0) is 16.1. The topological polar surface area (TPSA) is 73.9 Å². The first-order valence-electron chi connectivity index (χ1n) is 7.85. The molecule has 1 N–H and O–H groups in total. The van der Waals surface area contributed by atoms with Crippen molar-refractivity contribution in [1.29, 1.82) is 0 Å². The number of anilines is 1. The van der Waals surface area contributed by atoms with Crippen LogP contribution in [0.4, 0.5) is 5.69 Å². The monoisotopic (exact) mass is 317 g/mol. The molecule has 2 bridgehead atoms. The van der Waals surface area contributed by atoms with Gasteiger partial charge in [-0.15, -0.1) is 0 Å². The number of hydrogen-bond donors (Lipinski definition) is 1. The number of ether oxygens (including phenoxy) is 3. The Balaban J connectivity index is 1.58. The minimum atomic E-state index is -0.304. The van der Waals surface area contributed by atoms with Gasteiger partial charge in [0, 0.05) is 12.0 Å². The van der Waals surface area contributed by atoms with E-state index in [1.54, 1.807) is 32.4 Å². The maximum absolute atomic E-state index is 12.8. The number of amides is 1. The van der Waals surface area contributed by atoms with Gasteiger partial charge in [-0.1, -0.05) is 0 Å². The van der Waals surface area contributed by atoms with Gasteiger partial charge in [-0.3, -0.25) is 9.59 Å². The fourth-order valence-corrected chi connectivity index (χ4v) is 4.49. The molecule has 1 aromatic carbocycles. The molecule has 4 rings (SSSR count). The summed E-state index contributed by atoms with van der Waals surface area (Å²) in [7, 11) is 3.12. The summed E-state index contributed by atoms with van der Waals surface area (Å²) in [6.45, 7) is 0. The molecular formula is C17H19NO5. The molecule has 2 saturated carbocycles. The fraction of sp³-hybridized carbons (Fsp3) is 0.529. The Bertz CT molecular complexity index is 671. The molecular weight excluding hydrogens is 298 g/mol. The smallest absolute Gasteiger partial charge is 0.310 e. The second kappa shape index (κ2) is 5.15.